The van der Waals surface area contributed by atoms with Gasteiger partial charge in [-0.15, -0.1) is 0 Å². The number of guanidine groups is 1. The minimum atomic E-state index is 0.679. The molecule has 2 aliphatic rings. The van der Waals surface area contributed by atoms with Crippen molar-refractivity contribution in [3.8, 4) is 0 Å². The molecule has 2 N–H and O–H groups in total. The summed E-state index contributed by atoms with van der Waals surface area (Å²) in [6.45, 7) is 9.97. The summed E-state index contributed by atoms with van der Waals surface area (Å²) in [5.41, 5.74) is 6.04. The van der Waals surface area contributed by atoms with Gasteiger partial charge in [0.1, 0.15) is 0 Å². The first-order valence-corrected chi connectivity index (χ1v) is 7.14. The van der Waals surface area contributed by atoms with Crippen molar-refractivity contribution in [2.24, 2.45) is 16.6 Å². The maximum Gasteiger partial charge on any atom is 0.191 e. The molecular weight excluding hydrogens is 228 g/mol. The van der Waals surface area contributed by atoms with Gasteiger partial charge in [-0.2, -0.15) is 0 Å². The first-order valence-electron chi connectivity index (χ1n) is 7.14. The Morgan fingerprint density at radius 1 is 1.33 bits per heavy atom. The molecule has 2 aliphatic heterocycles. The average Bonchev–Trinajstić information content (AvgIpc) is 2.46. The van der Waals surface area contributed by atoms with Crippen LogP contribution in [0.3, 0.4) is 0 Å². The lowest BCUT2D eigenvalue weighted by Crippen LogP contribution is -2.45. The second kappa shape index (κ2) is 6.95. The molecule has 0 aliphatic carbocycles. The van der Waals surface area contributed by atoms with Crippen molar-refractivity contribution in [1.82, 2.24) is 9.80 Å². The molecule has 0 aromatic rings. The Balaban J connectivity index is 1.77. The monoisotopic (exact) mass is 254 g/mol. The smallest absolute Gasteiger partial charge is 0.191 e. The summed E-state index contributed by atoms with van der Waals surface area (Å²) in [6.07, 6.45) is 2.59. The molecule has 0 aromatic carbocycles. The molecule has 0 spiro atoms. The van der Waals surface area contributed by atoms with E-state index in [0.29, 0.717) is 11.9 Å². The number of nitrogens with two attached hydrogens (primary N) is 1. The molecule has 1 atom stereocenters. The summed E-state index contributed by atoms with van der Waals surface area (Å²) in [7, 11) is 0. The largest absolute Gasteiger partial charge is 0.378 e. The third-order valence-corrected chi connectivity index (χ3v) is 3.90. The fourth-order valence-electron chi connectivity index (χ4n) is 2.70. The van der Waals surface area contributed by atoms with Crippen LogP contribution in [0, 0.1) is 5.92 Å². The lowest BCUT2D eigenvalue weighted by atomic mass is 9.98. The van der Waals surface area contributed by atoms with Crippen molar-refractivity contribution >= 4 is 5.96 Å². The van der Waals surface area contributed by atoms with Crippen LogP contribution in [0.1, 0.15) is 19.8 Å². The average molecular weight is 254 g/mol. The molecule has 2 heterocycles. The van der Waals surface area contributed by atoms with Gasteiger partial charge in [0.25, 0.3) is 0 Å². The zero-order valence-electron chi connectivity index (χ0n) is 11.5. The predicted octanol–water partition coefficient (Wildman–Crippen LogP) is 0.365. The molecule has 2 rings (SSSR count). The maximum absolute atomic E-state index is 6.04. The molecule has 5 heteroatoms. The van der Waals surface area contributed by atoms with Gasteiger partial charge in [-0.25, -0.2) is 0 Å². The van der Waals surface area contributed by atoms with Crippen LogP contribution in [0.15, 0.2) is 4.99 Å². The molecular formula is C13H26N4O. The quantitative estimate of drug-likeness (QED) is 0.584. The van der Waals surface area contributed by atoms with Crippen LogP contribution >= 0.6 is 0 Å². The van der Waals surface area contributed by atoms with Gasteiger partial charge in [0.2, 0.25) is 0 Å². The Morgan fingerprint density at radius 3 is 2.83 bits per heavy atom. The van der Waals surface area contributed by atoms with Crippen molar-refractivity contribution in [1.29, 1.82) is 0 Å². The summed E-state index contributed by atoms with van der Waals surface area (Å²) >= 11 is 0. The van der Waals surface area contributed by atoms with E-state index in [1.54, 1.807) is 0 Å². The number of likely N-dealkylation sites (tertiary alicyclic amines) is 1. The number of ether oxygens (including phenoxy) is 1. The van der Waals surface area contributed by atoms with Gasteiger partial charge < -0.3 is 20.3 Å². The summed E-state index contributed by atoms with van der Waals surface area (Å²) in [5.74, 6) is 1.38. The zero-order valence-corrected chi connectivity index (χ0v) is 11.5. The van der Waals surface area contributed by atoms with Crippen LogP contribution in [0.2, 0.25) is 0 Å². The highest BCUT2D eigenvalue weighted by atomic mass is 16.5. The van der Waals surface area contributed by atoms with Crippen molar-refractivity contribution < 1.29 is 4.74 Å². The first kappa shape index (κ1) is 13.6. The lowest BCUT2D eigenvalue weighted by molar-refractivity contribution is 0.0673. The number of morpholine rings is 1. The van der Waals surface area contributed by atoms with Gasteiger partial charge in [-0.3, -0.25) is 4.99 Å². The number of aliphatic imine (C=N–C) groups is 1. The Labute approximate surface area is 110 Å². The highest BCUT2D eigenvalue weighted by Gasteiger charge is 2.19. The Hall–Kier alpha value is -0.810. The first-order chi connectivity index (χ1) is 8.79. The topological polar surface area (TPSA) is 54.1 Å². The molecule has 0 saturated carbocycles. The Morgan fingerprint density at radius 2 is 2.11 bits per heavy atom. The normalized spacial score (nSPS) is 27.5. The minimum Gasteiger partial charge on any atom is -0.378 e. The molecule has 0 aromatic heterocycles. The fraction of sp³-hybridized carbons (Fsp3) is 0.923. The third kappa shape index (κ3) is 3.85. The number of hydrogen-bond acceptors (Lipinski definition) is 3. The van der Waals surface area contributed by atoms with Crippen LogP contribution < -0.4 is 5.73 Å². The van der Waals surface area contributed by atoms with E-state index in [4.69, 9.17) is 10.5 Å². The summed E-state index contributed by atoms with van der Waals surface area (Å²) in [6, 6.07) is 0. The minimum absolute atomic E-state index is 0.679. The predicted molar refractivity (Wildman–Crippen MR) is 73.7 cm³/mol. The van der Waals surface area contributed by atoms with E-state index in [-0.39, 0.29) is 0 Å². The van der Waals surface area contributed by atoms with Crippen LogP contribution in [0.25, 0.3) is 0 Å². The maximum atomic E-state index is 6.04. The van der Waals surface area contributed by atoms with E-state index in [1.807, 2.05) is 0 Å². The summed E-state index contributed by atoms with van der Waals surface area (Å²) < 4.78 is 5.31. The number of nitrogens with zero attached hydrogens (tertiary/aromatic N) is 3. The standard InChI is InChI=1S/C13H26N4O/c1-2-16-5-3-4-12(11-16)10-15-13(14)17-6-8-18-9-7-17/h12H,2-11H2,1H3,(H2,14,15). The van der Waals surface area contributed by atoms with Gasteiger partial charge in [0.05, 0.1) is 13.2 Å². The molecule has 104 valence electrons. The van der Waals surface area contributed by atoms with Gasteiger partial charge in [0, 0.05) is 26.2 Å². The number of hydrogen-bond donors (Lipinski definition) is 1. The van der Waals surface area contributed by atoms with E-state index in [0.717, 1.165) is 39.4 Å². The zero-order chi connectivity index (χ0) is 12.8. The molecule has 5 nitrogen and oxygen atoms in total. The van der Waals surface area contributed by atoms with Crippen LogP contribution in [0.4, 0.5) is 0 Å². The fourth-order valence-corrected chi connectivity index (χ4v) is 2.70. The molecule has 0 radical (unpaired) electrons. The van der Waals surface area contributed by atoms with E-state index < -0.39 is 0 Å². The number of rotatable bonds is 3. The van der Waals surface area contributed by atoms with E-state index in [1.165, 1.54) is 25.9 Å². The van der Waals surface area contributed by atoms with E-state index in [9.17, 15) is 0 Å². The van der Waals surface area contributed by atoms with Gasteiger partial charge in [0.15, 0.2) is 5.96 Å². The van der Waals surface area contributed by atoms with Crippen LogP contribution in [-0.4, -0.2) is 68.2 Å². The van der Waals surface area contributed by atoms with E-state index >= 15 is 0 Å². The molecule has 2 fully saturated rings. The highest BCUT2D eigenvalue weighted by molar-refractivity contribution is 5.78. The second-order valence-electron chi connectivity index (χ2n) is 5.20. The Bertz CT molecular complexity index is 276. The molecule has 0 amide bonds. The van der Waals surface area contributed by atoms with Crippen molar-refractivity contribution in [3.05, 3.63) is 0 Å². The number of piperidine rings is 1. The lowest BCUT2D eigenvalue weighted by Gasteiger charge is -2.31. The van der Waals surface area contributed by atoms with E-state index in [2.05, 4.69) is 21.7 Å². The van der Waals surface area contributed by atoms with Crippen molar-refractivity contribution in [2.75, 3.05) is 52.5 Å². The SMILES string of the molecule is CCN1CCCC(CN=C(N)N2CCOCC2)C1. The highest BCUT2D eigenvalue weighted by Crippen LogP contribution is 2.16. The third-order valence-electron chi connectivity index (χ3n) is 3.90. The van der Waals surface area contributed by atoms with Gasteiger partial charge >= 0.3 is 0 Å². The molecule has 2 saturated heterocycles. The van der Waals surface area contributed by atoms with Gasteiger partial charge in [-0.1, -0.05) is 6.92 Å². The molecule has 1 unspecified atom stereocenters. The Kier molecular flexibility index (Phi) is 5.26. The second-order valence-corrected chi connectivity index (χ2v) is 5.20. The van der Waals surface area contributed by atoms with Crippen LogP contribution in [-0.2, 0) is 4.74 Å². The summed E-state index contributed by atoms with van der Waals surface area (Å²) in [5, 5.41) is 0. The van der Waals surface area contributed by atoms with Crippen LogP contribution in [0.5, 0.6) is 0 Å². The summed E-state index contributed by atoms with van der Waals surface area (Å²) in [4.78, 5) is 9.22. The molecule has 0 bridgehead atoms. The van der Waals surface area contributed by atoms with Crippen molar-refractivity contribution in [3.63, 3.8) is 0 Å². The van der Waals surface area contributed by atoms with Crippen molar-refractivity contribution in [2.45, 2.75) is 19.8 Å². The molecule has 18 heavy (non-hydrogen) atoms. The van der Waals surface area contributed by atoms with Gasteiger partial charge in [-0.05, 0) is 31.8 Å².